The van der Waals surface area contributed by atoms with Crippen LogP contribution in [0.5, 0.6) is 0 Å². The summed E-state index contributed by atoms with van der Waals surface area (Å²) >= 11 is 0. The molecule has 26 heavy (non-hydrogen) atoms. The fourth-order valence-corrected chi connectivity index (χ4v) is 3.64. The second kappa shape index (κ2) is 7.60. The molecule has 0 fully saturated rings. The van der Waals surface area contributed by atoms with Crippen LogP contribution in [0, 0.1) is 0 Å². The van der Waals surface area contributed by atoms with Gasteiger partial charge in [-0.15, -0.1) is 0 Å². The third-order valence-corrected chi connectivity index (χ3v) is 4.90. The largest absolute Gasteiger partial charge is 0.465 e. The van der Waals surface area contributed by atoms with Gasteiger partial charge in [0.15, 0.2) is 0 Å². The summed E-state index contributed by atoms with van der Waals surface area (Å²) in [5.74, 6) is -0.270. The molecule has 0 radical (unpaired) electrons. The Balaban J connectivity index is 1.89. The molecule has 0 bridgehead atoms. The fourth-order valence-electron chi connectivity index (χ4n) is 3.64. The number of benzene rings is 2. The molecule has 2 aromatic rings. The monoisotopic (exact) mass is 352 g/mol. The maximum absolute atomic E-state index is 12.2. The molecule has 3 rings (SSSR count). The quantitative estimate of drug-likeness (QED) is 0.840. The molecule has 0 saturated carbocycles. The van der Waals surface area contributed by atoms with Crippen LogP contribution in [0.3, 0.4) is 0 Å². The van der Waals surface area contributed by atoms with E-state index in [2.05, 4.69) is 18.3 Å². The highest BCUT2D eigenvalue weighted by Crippen LogP contribution is 2.39. The van der Waals surface area contributed by atoms with Gasteiger partial charge in [0.25, 0.3) is 0 Å². The number of carbonyl (C=O) groups excluding carboxylic acids is 2. The van der Waals surface area contributed by atoms with Gasteiger partial charge in [-0.2, -0.15) is 0 Å². The molecule has 0 aromatic heterocycles. The number of nitrogens with one attached hydrogen (secondary N) is 1. The lowest BCUT2D eigenvalue weighted by Crippen LogP contribution is -2.44. The van der Waals surface area contributed by atoms with E-state index >= 15 is 0 Å². The van der Waals surface area contributed by atoms with Crippen molar-refractivity contribution < 1.29 is 14.3 Å². The second-order valence-electron chi connectivity index (χ2n) is 6.51. The normalized spacial score (nSPS) is 18.8. The van der Waals surface area contributed by atoms with Crippen molar-refractivity contribution in [2.24, 2.45) is 0 Å². The van der Waals surface area contributed by atoms with E-state index in [1.165, 1.54) is 7.11 Å². The standard InChI is InChI=1S/C21H24N2O3/c1-4-17-13-19(18-7-5-6-8-20(18)23(17)14(2)24)22-16-11-9-15(10-12-16)21(25)26-3/h5-12,17,19,22H,4,13H2,1-3H3. The number of esters is 1. The van der Waals surface area contributed by atoms with Crippen LogP contribution in [0.25, 0.3) is 0 Å². The molecular weight excluding hydrogens is 328 g/mol. The summed E-state index contributed by atoms with van der Waals surface area (Å²) in [6, 6.07) is 15.6. The summed E-state index contributed by atoms with van der Waals surface area (Å²) in [6.45, 7) is 3.73. The minimum Gasteiger partial charge on any atom is -0.465 e. The van der Waals surface area contributed by atoms with Gasteiger partial charge in [0.2, 0.25) is 5.91 Å². The zero-order valence-electron chi connectivity index (χ0n) is 15.4. The Labute approximate surface area is 154 Å². The van der Waals surface area contributed by atoms with E-state index in [0.717, 1.165) is 29.8 Å². The van der Waals surface area contributed by atoms with Gasteiger partial charge in [-0.05, 0) is 48.7 Å². The summed E-state index contributed by atoms with van der Waals surface area (Å²) in [5.41, 5.74) is 3.55. The number of ether oxygens (including phenoxy) is 1. The predicted octanol–water partition coefficient (Wildman–Crippen LogP) is 4.16. The Morgan fingerprint density at radius 3 is 2.46 bits per heavy atom. The fraction of sp³-hybridized carbons (Fsp3) is 0.333. The number of hydrogen-bond acceptors (Lipinski definition) is 4. The first kappa shape index (κ1) is 18.0. The Kier molecular flexibility index (Phi) is 5.26. The van der Waals surface area contributed by atoms with Crippen LogP contribution >= 0.6 is 0 Å². The number of rotatable bonds is 4. The van der Waals surface area contributed by atoms with E-state index < -0.39 is 0 Å². The van der Waals surface area contributed by atoms with Gasteiger partial charge < -0.3 is 15.0 Å². The molecule has 1 heterocycles. The molecule has 2 unspecified atom stereocenters. The molecule has 0 spiro atoms. The van der Waals surface area contributed by atoms with E-state index in [-0.39, 0.29) is 24.0 Å². The number of fused-ring (bicyclic) bond motifs is 1. The number of hydrogen-bond donors (Lipinski definition) is 1. The summed E-state index contributed by atoms with van der Waals surface area (Å²) < 4.78 is 4.74. The van der Waals surface area contributed by atoms with Crippen LogP contribution < -0.4 is 10.2 Å². The van der Waals surface area contributed by atoms with Crippen molar-refractivity contribution in [3.63, 3.8) is 0 Å². The Morgan fingerprint density at radius 2 is 1.85 bits per heavy atom. The van der Waals surface area contributed by atoms with Crippen LogP contribution in [-0.2, 0) is 9.53 Å². The zero-order chi connectivity index (χ0) is 18.7. The van der Waals surface area contributed by atoms with Gasteiger partial charge in [0.05, 0.1) is 18.7 Å². The van der Waals surface area contributed by atoms with Crippen molar-refractivity contribution in [1.29, 1.82) is 0 Å². The average molecular weight is 352 g/mol. The molecule has 1 aliphatic rings. The SMILES string of the molecule is CCC1CC(Nc2ccc(C(=O)OC)cc2)c2ccccc2N1C(C)=O. The molecule has 0 aliphatic carbocycles. The highest BCUT2D eigenvalue weighted by Gasteiger charge is 2.33. The average Bonchev–Trinajstić information content (AvgIpc) is 2.67. The molecule has 136 valence electrons. The first-order valence-electron chi connectivity index (χ1n) is 8.88. The lowest BCUT2D eigenvalue weighted by Gasteiger charge is -2.40. The Hall–Kier alpha value is -2.82. The van der Waals surface area contributed by atoms with Crippen molar-refractivity contribution in [2.45, 2.75) is 38.8 Å². The third-order valence-electron chi connectivity index (χ3n) is 4.90. The van der Waals surface area contributed by atoms with E-state index in [1.807, 2.05) is 35.2 Å². The van der Waals surface area contributed by atoms with E-state index in [9.17, 15) is 9.59 Å². The Bertz CT molecular complexity index is 801. The van der Waals surface area contributed by atoms with Crippen LogP contribution in [-0.4, -0.2) is 25.0 Å². The molecule has 2 aromatic carbocycles. The van der Waals surface area contributed by atoms with Crippen molar-refractivity contribution in [3.8, 4) is 0 Å². The van der Waals surface area contributed by atoms with Crippen molar-refractivity contribution in [1.82, 2.24) is 0 Å². The smallest absolute Gasteiger partial charge is 0.337 e. The molecule has 1 amide bonds. The number of anilines is 2. The van der Waals surface area contributed by atoms with Crippen LogP contribution in [0.2, 0.25) is 0 Å². The van der Waals surface area contributed by atoms with Gasteiger partial charge in [-0.1, -0.05) is 25.1 Å². The summed E-state index contributed by atoms with van der Waals surface area (Å²) in [4.78, 5) is 25.7. The van der Waals surface area contributed by atoms with Gasteiger partial charge in [0.1, 0.15) is 0 Å². The number of carbonyl (C=O) groups is 2. The van der Waals surface area contributed by atoms with Crippen molar-refractivity contribution >= 4 is 23.3 Å². The lowest BCUT2D eigenvalue weighted by atomic mass is 9.89. The van der Waals surface area contributed by atoms with E-state index in [0.29, 0.717) is 5.56 Å². The number of nitrogens with zero attached hydrogens (tertiary/aromatic N) is 1. The predicted molar refractivity (Wildman–Crippen MR) is 102 cm³/mol. The molecule has 5 heteroatoms. The number of methoxy groups -OCH3 is 1. The minimum absolute atomic E-state index is 0.0742. The number of para-hydroxylation sites is 1. The van der Waals surface area contributed by atoms with Crippen LogP contribution in [0.4, 0.5) is 11.4 Å². The molecule has 2 atom stereocenters. The molecular formula is C21H24N2O3. The number of amides is 1. The van der Waals surface area contributed by atoms with Gasteiger partial charge >= 0.3 is 5.97 Å². The van der Waals surface area contributed by atoms with E-state index in [4.69, 9.17) is 4.74 Å². The van der Waals surface area contributed by atoms with Crippen molar-refractivity contribution in [2.75, 3.05) is 17.3 Å². The molecule has 1 N–H and O–H groups in total. The maximum atomic E-state index is 12.2. The summed E-state index contributed by atoms with van der Waals surface area (Å²) in [7, 11) is 1.37. The zero-order valence-corrected chi connectivity index (χ0v) is 15.4. The Morgan fingerprint density at radius 1 is 1.15 bits per heavy atom. The highest BCUT2D eigenvalue weighted by atomic mass is 16.5. The first-order valence-corrected chi connectivity index (χ1v) is 8.88. The summed E-state index contributed by atoms with van der Waals surface area (Å²) in [6.07, 6.45) is 1.74. The third kappa shape index (κ3) is 3.43. The van der Waals surface area contributed by atoms with Gasteiger partial charge in [-0.25, -0.2) is 4.79 Å². The molecule has 1 aliphatic heterocycles. The summed E-state index contributed by atoms with van der Waals surface area (Å²) in [5, 5.41) is 3.55. The van der Waals surface area contributed by atoms with Crippen molar-refractivity contribution in [3.05, 3.63) is 59.7 Å². The minimum atomic E-state index is -0.345. The van der Waals surface area contributed by atoms with E-state index in [1.54, 1.807) is 19.1 Å². The van der Waals surface area contributed by atoms with Crippen LogP contribution in [0.15, 0.2) is 48.5 Å². The lowest BCUT2D eigenvalue weighted by molar-refractivity contribution is -0.117. The molecule has 0 saturated heterocycles. The first-order chi connectivity index (χ1) is 12.5. The van der Waals surface area contributed by atoms with Gasteiger partial charge in [0, 0.05) is 24.3 Å². The molecule has 5 nitrogen and oxygen atoms in total. The maximum Gasteiger partial charge on any atom is 0.337 e. The topological polar surface area (TPSA) is 58.6 Å². The highest BCUT2D eigenvalue weighted by molar-refractivity contribution is 5.94. The van der Waals surface area contributed by atoms with Crippen LogP contribution in [0.1, 0.15) is 48.7 Å². The second-order valence-corrected chi connectivity index (χ2v) is 6.51. The van der Waals surface area contributed by atoms with Gasteiger partial charge in [-0.3, -0.25) is 4.79 Å².